The first-order chi connectivity index (χ1) is 15.3. The van der Waals surface area contributed by atoms with Crippen molar-refractivity contribution in [1.82, 2.24) is 4.31 Å². The highest BCUT2D eigenvalue weighted by molar-refractivity contribution is 7.89. The number of sulfonamides is 1. The third-order valence-corrected chi connectivity index (χ3v) is 6.90. The van der Waals surface area contributed by atoms with Gasteiger partial charge in [0, 0.05) is 30.9 Å². The van der Waals surface area contributed by atoms with E-state index in [-0.39, 0.29) is 16.1 Å². The fourth-order valence-corrected chi connectivity index (χ4v) is 4.79. The standard InChI is InChI=1S/C21H23N3O7S/c25-20(22-17-7-9-18(10-8-17)24(27)28)15-31-21(26)16-5-11-19(12-6-16)32(29,30)23-13-3-1-2-4-14-23/h5-12H,1-4,13-15H2,(H,22,25). The number of carbonyl (C=O) groups is 2. The average Bonchev–Trinajstić information content (AvgIpc) is 3.08. The van der Waals surface area contributed by atoms with Crippen molar-refractivity contribution in [2.45, 2.75) is 30.6 Å². The van der Waals surface area contributed by atoms with E-state index in [2.05, 4.69) is 5.32 Å². The monoisotopic (exact) mass is 461 g/mol. The summed E-state index contributed by atoms with van der Waals surface area (Å²) < 4.78 is 32.0. The number of anilines is 1. The number of hydrogen-bond acceptors (Lipinski definition) is 7. The fraction of sp³-hybridized carbons (Fsp3) is 0.333. The van der Waals surface area contributed by atoms with Gasteiger partial charge >= 0.3 is 5.97 Å². The quantitative estimate of drug-likeness (QED) is 0.380. The lowest BCUT2D eigenvalue weighted by atomic mass is 10.2. The first kappa shape index (κ1) is 23.4. The van der Waals surface area contributed by atoms with E-state index in [1.807, 2.05) is 0 Å². The largest absolute Gasteiger partial charge is 0.452 e. The minimum absolute atomic E-state index is 0.104. The number of nitro groups is 1. The summed E-state index contributed by atoms with van der Waals surface area (Å²) in [6.45, 7) is 0.398. The third-order valence-electron chi connectivity index (χ3n) is 4.99. The maximum atomic E-state index is 12.8. The van der Waals surface area contributed by atoms with E-state index < -0.39 is 33.4 Å². The lowest BCUT2D eigenvalue weighted by Gasteiger charge is -2.19. The van der Waals surface area contributed by atoms with Crippen LogP contribution in [0.5, 0.6) is 0 Å². The molecule has 1 heterocycles. The molecule has 3 rings (SSSR count). The van der Waals surface area contributed by atoms with E-state index in [0.29, 0.717) is 18.8 Å². The summed E-state index contributed by atoms with van der Waals surface area (Å²) in [4.78, 5) is 34.3. The molecule has 1 fully saturated rings. The second-order valence-corrected chi connectivity index (χ2v) is 9.21. The summed E-state index contributed by atoms with van der Waals surface area (Å²) in [5.41, 5.74) is 0.318. The molecule has 2 aromatic rings. The fourth-order valence-electron chi connectivity index (χ4n) is 3.27. The summed E-state index contributed by atoms with van der Waals surface area (Å²) in [6, 6.07) is 10.6. The average molecular weight is 461 g/mol. The second-order valence-electron chi connectivity index (χ2n) is 7.27. The van der Waals surface area contributed by atoms with Crippen molar-refractivity contribution < 1.29 is 27.7 Å². The van der Waals surface area contributed by atoms with Gasteiger partial charge in [0.05, 0.1) is 15.4 Å². The van der Waals surface area contributed by atoms with Crippen LogP contribution in [0.1, 0.15) is 36.0 Å². The van der Waals surface area contributed by atoms with Gasteiger partial charge in [-0.1, -0.05) is 12.8 Å². The SMILES string of the molecule is O=C(COC(=O)c1ccc(S(=O)(=O)N2CCCCCC2)cc1)Nc1ccc([N+](=O)[O-])cc1. The van der Waals surface area contributed by atoms with Crippen LogP contribution in [0.15, 0.2) is 53.4 Å². The number of rotatable bonds is 7. The molecule has 1 aliphatic heterocycles. The molecule has 2 aromatic carbocycles. The van der Waals surface area contributed by atoms with Gasteiger partial charge in [0.1, 0.15) is 0 Å². The normalized spacial score (nSPS) is 14.9. The molecule has 0 atom stereocenters. The third kappa shape index (κ3) is 5.89. The summed E-state index contributed by atoms with van der Waals surface area (Å²) in [5.74, 6) is -1.39. The molecule has 170 valence electrons. The maximum absolute atomic E-state index is 12.8. The van der Waals surface area contributed by atoms with Gasteiger partial charge in [0.2, 0.25) is 10.0 Å². The number of nitro benzene ring substituents is 1. The summed E-state index contributed by atoms with van der Waals surface area (Å²) in [7, 11) is -3.62. The van der Waals surface area contributed by atoms with E-state index >= 15 is 0 Å². The van der Waals surface area contributed by atoms with Crippen molar-refractivity contribution in [3.05, 3.63) is 64.2 Å². The number of amides is 1. The Balaban J connectivity index is 1.55. The van der Waals surface area contributed by atoms with Crippen LogP contribution in [0.3, 0.4) is 0 Å². The van der Waals surface area contributed by atoms with Crippen molar-refractivity contribution in [3.8, 4) is 0 Å². The Morgan fingerprint density at radius 2 is 1.56 bits per heavy atom. The Morgan fingerprint density at radius 3 is 2.12 bits per heavy atom. The van der Waals surface area contributed by atoms with Crippen LogP contribution >= 0.6 is 0 Å². The number of ether oxygens (including phenoxy) is 1. The number of nitrogens with one attached hydrogen (secondary N) is 1. The van der Waals surface area contributed by atoms with Gasteiger partial charge in [-0.2, -0.15) is 4.31 Å². The molecule has 1 N–H and O–H groups in total. The number of esters is 1. The maximum Gasteiger partial charge on any atom is 0.338 e. The molecule has 0 radical (unpaired) electrons. The van der Waals surface area contributed by atoms with E-state index in [0.717, 1.165) is 25.7 Å². The van der Waals surface area contributed by atoms with Gasteiger partial charge < -0.3 is 10.1 Å². The van der Waals surface area contributed by atoms with Gasteiger partial charge in [-0.15, -0.1) is 0 Å². The first-order valence-electron chi connectivity index (χ1n) is 10.1. The van der Waals surface area contributed by atoms with Gasteiger partial charge in [-0.3, -0.25) is 14.9 Å². The summed E-state index contributed by atoms with van der Waals surface area (Å²) >= 11 is 0. The number of benzene rings is 2. The molecule has 0 aromatic heterocycles. The smallest absolute Gasteiger partial charge is 0.338 e. The van der Waals surface area contributed by atoms with E-state index in [1.54, 1.807) is 0 Å². The zero-order valence-electron chi connectivity index (χ0n) is 17.2. The number of nitrogens with zero attached hydrogens (tertiary/aromatic N) is 2. The minimum atomic E-state index is -3.62. The highest BCUT2D eigenvalue weighted by atomic mass is 32.2. The van der Waals surface area contributed by atoms with Crippen LogP contribution in [-0.4, -0.2) is 49.2 Å². The molecule has 1 aliphatic rings. The molecule has 0 saturated carbocycles. The van der Waals surface area contributed by atoms with Crippen LogP contribution in [-0.2, 0) is 19.6 Å². The highest BCUT2D eigenvalue weighted by Crippen LogP contribution is 2.21. The molecular formula is C21H23N3O7S. The Labute approximate surface area is 185 Å². The number of non-ortho nitro benzene ring substituents is 1. The van der Waals surface area contributed by atoms with Crippen molar-refractivity contribution in [3.63, 3.8) is 0 Å². The lowest BCUT2D eigenvalue weighted by molar-refractivity contribution is -0.384. The zero-order chi connectivity index (χ0) is 23.1. The van der Waals surface area contributed by atoms with Crippen molar-refractivity contribution >= 4 is 33.3 Å². The van der Waals surface area contributed by atoms with E-state index in [4.69, 9.17) is 4.74 Å². The molecule has 32 heavy (non-hydrogen) atoms. The molecular weight excluding hydrogens is 438 g/mol. The second kappa shape index (κ2) is 10.3. The van der Waals surface area contributed by atoms with Crippen LogP contribution in [0, 0.1) is 10.1 Å². The topological polar surface area (TPSA) is 136 Å². The molecule has 10 nitrogen and oxygen atoms in total. The summed E-state index contributed by atoms with van der Waals surface area (Å²) in [5, 5.41) is 13.1. The van der Waals surface area contributed by atoms with Gasteiger partial charge in [-0.05, 0) is 49.2 Å². The lowest BCUT2D eigenvalue weighted by Crippen LogP contribution is -2.31. The molecule has 1 saturated heterocycles. The zero-order valence-corrected chi connectivity index (χ0v) is 18.0. The molecule has 11 heteroatoms. The van der Waals surface area contributed by atoms with E-state index in [9.17, 15) is 28.1 Å². The van der Waals surface area contributed by atoms with Crippen LogP contribution in [0.4, 0.5) is 11.4 Å². The molecule has 1 amide bonds. The summed E-state index contributed by atoms with van der Waals surface area (Å²) in [6.07, 6.45) is 3.67. The van der Waals surface area contributed by atoms with Gasteiger partial charge in [-0.25, -0.2) is 13.2 Å². The molecule has 0 bridgehead atoms. The van der Waals surface area contributed by atoms with E-state index in [1.165, 1.54) is 52.8 Å². The Morgan fingerprint density at radius 1 is 0.969 bits per heavy atom. The predicted octanol–water partition coefficient (Wildman–Crippen LogP) is 2.96. The predicted molar refractivity (Wildman–Crippen MR) is 116 cm³/mol. The van der Waals surface area contributed by atoms with Crippen LogP contribution in [0.25, 0.3) is 0 Å². The Kier molecular flexibility index (Phi) is 7.54. The first-order valence-corrected chi connectivity index (χ1v) is 11.5. The van der Waals surface area contributed by atoms with Crippen molar-refractivity contribution in [2.75, 3.05) is 25.0 Å². The molecule has 0 aliphatic carbocycles. The minimum Gasteiger partial charge on any atom is -0.452 e. The number of hydrogen-bond donors (Lipinski definition) is 1. The Hall–Kier alpha value is -3.31. The van der Waals surface area contributed by atoms with Crippen molar-refractivity contribution in [2.24, 2.45) is 0 Å². The number of carbonyl (C=O) groups excluding carboxylic acids is 2. The highest BCUT2D eigenvalue weighted by Gasteiger charge is 2.25. The Bertz CT molecular complexity index is 1080. The van der Waals surface area contributed by atoms with Crippen LogP contribution < -0.4 is 5.32 Å². The van der Waals surface area contributed by atoms with Gasteiger partial charge in [0.25, 0.3) is 11.6 Å². The molecule has 0 unspecified atom stereocenters. The van der Waals surface area contributed by atoms with Gasteiger partial charge in [0.15, 0.2) is 6.61 Å². The van der Waals surface area contributed by atoms with Crippen molar-refractivity contribution in [1.29, 1.82) is 0 Å². The molecule has 0 spiro atoms. The van der Waals surface area contributed by atoms with Crippen LogP contribution in [0.2, 0.25) is 0 Å².